The highest BCUT2D eigenvalue weighted by atomic mass is 33.1. The first kappa shape index (κ1) is 86.8. The third kappa shape index (κ3) is 61.7. The Labute approximate surface area is 566 Å². The summed E-state index contributed by atoms with van der Waals surface area (Å²) in [4.78, 5) is 22.5. The quantitative estimate of drug-likeness (QED) is 0.0201. The van der Waals surface area contributed by atoms with Crippen LogP contribution >= 0.6 is 21.6 Å². The summed E-state index contributed by atoms with van der Waals surface area (Å²) in [6, 6.07) is 0. The monoisotopic (exact) mass is 1300 g/mol. The van der Waals surface area contributed by atoms with E-state index >= 15 is 0 Å². The maximum atomic E-state index is 12.9. The number of aliphatic hydroxyl groups excluding tert-OH is 4. The van der Waals surface area contributed by atoms with Crippen molar-refractivity contribution in [1.82, 2.24) is 19.6 Å². The molecule has 1 rings (SSSR count). The van der Waals surface area contributed by atoms with Crippen molar-refractivity contribution in [3.8, 4) is 0 Å². The van der Waals surface area contributed by atoms with E-state index in [1.807, 2.05) is 21.6 Å². The van der Waals surface area contributed by atoms with E-state index in [0.717, 1.165) is 141 Å². The first-order valence-corrected chi connectivity index (χ1v) is 41.3. The SMILES string of the molecule is CCCCC/C=C\C/C=C\CCCCCCC(O)CN(CCCCSSCCCCN1CCN(CCOC(=O)CCCN(CC(O)CCCCCCCCCC)CC(O)CCCCCCCCCC)CC1)CC(O)CCCCCC/C=C\C/C=C\CCCCC. The fourth-order valence-electron chi connectivity index (χ4n) is 12.3. The number of ether oxygens (including phenoxy) is 1. The molecule has 1 aliphatic rings. The standard InChI is InChI=1S/C78H150N4O6S2/c1-5-9-13-17-21-25-27-29-31-33-35-39-43-47-54-74(83)70-81(71-75(84)55-48-44-40-36-34-32-30-28-26-22-18-14-10-6-2)60-50-52-69-90-89-68-51-49-59-79-62-64-80(65-63-79)66-67-88-78(87)58-53-61-82(72-76(85)56-45-41-37-23-19-15-11-7-3)73-77(86)57-46-42-38-24-20-16-12-8-4/h21-22,25-26,29-32,74-77,83-86H,5-20,23-24,27-28,33-73H2,1-4H3/b25-21-,26-22-,31-29-,32-30-. The van der Waals surface area contributed by atoms with Crippen molar-refractivity contribution in [3.05, 3.63) is 48.6 Å². The topological polar surface area (TPSA) is 120 Å². The van der Waals surface area contributed by atoms with E-state index in [2.05, 4.69) is 95.9 Å². The van der Waals surface area contributed by atoms with Crippen LogP contribution in [0.2, 0.25) is 0 Å². The van der Waals surface area contributed by atoms with Crippen LogP contribution in [0.25, 0.3) is 0 Å². The predicted octanol–water partition coefficient (Wildman–Crippen LogP) is 19.8. The molecule has 4 unspecified atom stereocenters. The zero-order chi connectivity index (χ0) is 65.1. The maximum Gasteiger partial charge on any atom is 0.305 e. The molecular formula is C78H150N4O6S2. The molecule has 1 heterocycles. The Hall–Kier alpha value is -1.19. The second-order valence-electron chi connectivity index (χ2n) is 27.1. The number of esters is 1. The molecule has 0 spiro atoms. The fourth-order valence-corrected chi connectivity index (χ4v) is 14.6. The van der Waals surface area contributed by atoms with E-state index in [-0.39, 0.29) is 18.2 Å². The van der Waals surface area contributed by atoms with Crippen molar-refractivity contribution < 1.29 is 30.0 Å². The van der Waals surface area contributed by atoms with Crippen molar-refractivity contribution in [2.45, 2.75) is 347 Å². The molecule has 1 aliphatic heterocycles. The summed E-state index contributed by atoms with van der Waals surface area (Å²) in [5.74, 6) is 2.19. The third-order valence-corrected chi connectivity index (χ3v) is 20.7. The van der Waals surface area contributed by atoms with Gasteiger partial charge >= 0.3 is 5.97 Å². The van der Waals surface area contributed by atoms with Crippen LogP contribution < -0.4 is 0 Å². The molecule has 0 bridgehead atoms. The minimum atomic E-state index is -0.404. The number of unbranched alkanes of at least 4 members (excludes halogenated alkanes) is 30. The third-order valence-electron chi connectivity index (χ3n) is 18.1. The van der Waals surface area contributed by atoms with E-state index in [1.165, 1.54) is 198 Å². The summed E-state index contributed by atoms with van der Waals surface area (Å²) < 4.78 is 5.74. The lowest BCUT2D eigenvalue weighted by molar-refractivity contribution is -0.144. The smallest absolute Gasteiger partial charge is 0.305 e. The zero-order valence-electron chi connectivity index (χ0n) is 59.8. The summed E-state index contributed by atoms with van der Waals surface area (Å²) in [5, 5.41) is 44.4. The van der Waals surface area contributed by atoms with Gasteiger partial charge in [-0.2, -0.15) is 0 Å². The predicted molar refractivity (Wildman–Crippen MR) is 397 cm³/mol. The first-order chi connectivity index (χ1) is 44.2. The van der Waals surface area contributed by atoms with Gasteiger partial charge in [-0.15, -0.1) is 0 Å². The molecule has 0 amide bonds. The molecular weight excluding hydrogens is 1150 g/mol. The lowest BCUT2D eigenvalue weighted by Gasteiger charge is -2.34. The highest BCUT2D eigenvalue weighted by molar-refractivity contribution is 8.76. The fraction of sp³-hybridized carbons (Fsp3) is 0.885. The van der Waals surface area contributed by atoms with Gasteiger partial charge in [-0.1, -0.05) is 265 Å². The molecule has 0 saturated carbocycles. The van der Waals surface area contributed by atoms with Crippen LogP contribution in [-0.4, -0.2) is 167 Å². The van der Waals surface area contributed by atoms with Crippen LogP contribution in [0, 0.1) is 0 Å². The summed E-state index contributed by atoms with van der Waals surface area (Å²) >= 11 is 0. The Morgan fingerprint density at radius 2 is 0.689 bits per heavy atom. The van der Waals surface area contributed by atoms with Crippen molar-refractivity contribution >= 4 is 27.6 Å². The van der Waals surface area contributed by atoms with Crippen LogP contribution in [0.3, 0.4) is 0 Å². The van der Waals surface area contributed by atoms with E-state index < -0.39 is 12.2 Å². The minimum Gasteiger partial charge on any atom is -0.464 e. The summed E-state index contributed by atoms with van der Waals surface area (Å²) in [6.07, 6.45) is 70.2. The first-order valence-electron chi connectivity index (χ1n) is 38.8. The Balaban J connectivity index is 2.36. The maximum absolute atomic E-state index is 12.9. The number of nitrogens with zero attached hydrogens (tertiary/aromatic N) is 4. The van der Waals surface area contributed by atoms with Gasteiger partial charge in [0.2, 0.25) is 0 Å². The molecule has 0 radical (unpaired) electrons. The van der Waals surface area contributed by atoms with Gasteiger partial charge in [-0.25, -0.2) is 0 Å². The Bertz CT molecular complexity index is 1520. The lowest BCUT2D eigenvalue weighted by atomic mass is 10.0. The number of rotatable bonds is 70. The van der Waals surface area contributed by atoms with E-state index in [0.29, 0.717) is 52.2 Å². The van der Waals surface area contributed by atoms with Crippen LogP contribution in [0.1, 0.15) is 323 Å². The second kappa shape index (κ2) is 69.2. The molecule has 1 fully saturated rings. The van der Waals surface area contributed by atoms with Gasteiger partial charge in [0.05, 0.1) is 24.4 Å². The second-order valence-corrected chi connectivity index (χ2v) is 29.8. The summed E-state index contributed by atoms with van der Waals surface area (Å²) in [5.41, 5.74) is 0. The van der Waals surface area contributed by atoms with Gasteiger partial charge in [0.1, 0.15) is 6.61 Å². The Kier molecular flexibility index (Phi) is 66.7. The van der Waals surface area contributed by atoms with Gasteiger partial charge in [0.25, 0.3) is 0 Å². The molecule has 4 N–H and O–H groups in total. The van der Waals surface area contributed by atoms with Crippen LogP contribution in [0.4, 0.5) is 0 Å². The summed E-state index contributed by atoms with van der Waals surface area (Å²) in [6.45, 7) is 19.6. The molecule has 90 heavy (non-hydrogen) atoms. The molecule has 0 aromatic carbocycles. The van der Waals surface area contributed by atoms with Gasteiger partial charge < -0.3 is 30.1 Å². The van der Waals surface area contributed by atoms with E-state index in [9.17, 15) is 25.2 Å². The highest BCUT2D eigenvalue weighted by Gasteiger charge is 2.20. The van der Waals surface area contributed by atoms with Crippen molar-refractivity contribution in [2.75, 3.05) is 96.6 Å². The Morgan fingerprint density at radius 1 is 0.378 bits per heavy atom. The number of hydrogen-bond donors (Lipinski definition) is 4. The largest absolute Gasteiger partial charge is 0.464 e. The number of piperazine rings is 1. The number of hydrogen-bond acceptors (Lipinski definition) is 12. The average molecular weight is 1300 g/mol. The van der Waals surface area contributed by atoms with Crippen molar-refractivity contribution in [3.63, 3.8) is 0 Å². The van der Waals surface area contributed by atoms with Crippen LogP contribution in [-0.2, 0) is 9.53 Å². The summed E-state index contributed by atoms with van der Waals surface area (Å²) in [7, 11) is 4.03. The van der Waals surface area contributed by atoms with Gasteiger partial charge in [0.15, 0.2) is 0 Å². The number of allylic oxidation sites excluding steroid dienone is 8. The molecule has 0 aromatic heterocycles. The van der Waals surface area contributed by atoms with Crippen LogP contribution in [0.5, 0.6) is 0 Å². The van der Waals surface area contributed by atoms with Gasteiger partial charge in [0, 0.05) is 76.8 Å². The number of aliphatic hydroxyl groups is 4. The molecule has 4 atom stereocenters. The lowest BCUT2D eigenvalue weighted by Crippen LogP contribution is -2.47. The molecule has 530 valence electrons. The van der Waals surface area contributed by atoms with E-state index in [4.69, 9.17) is 4.74 Å². The number of carbonyl (C=O) groups excluding carboxylic acids is 1. The highest BCUT2D eigenvalue weighted by Crippen LogP contribution is 2.25. The minimum absolute atomic E-state index is 0.140. The number of carbonyl (C=O) groups is 1. The van der Waals surface area contributed by atoms with Gasteiger partial charge in [-0.3, -0.25) is 19.5 Å². The van der Waals surface area contributed by atoms with Crippen molar-refractivity contribution in [2.24, 2.45) is 0 Å². The Morgan fingerprint density at radius 3 is 1.08 bits per heavy atom. The molecule has 1 saturated heterocycles. The molecule has 0 aliphatic carbocycles. The van der Waals surface area contributed by atoms with Crippen LogP contribution in [0.15, 0.2) is 48.6 Å². The van der Waals surface area contributed by atoms with Gasteiger partial charge in [-0.05, 0) is 142 Å². The van der Waals surface area contributed by atoms with Crippen molar-refractivity contribution in [1.29, 1.82) is 0 Å². The zero-order valence-corrected chi connectivity index (χ0v) is 61.4. The molecule has 0 aromatic rings. The van der Waals surface area contributed by atoms with E-state index in [1.54, 1.807) is 0 Å². The average Bonchev–Trinajstić information content (AvgIpc) is 3.67. The molecule has 12 heteroatoms. The normalized spacial score (nSPS) is 15.1. The molecule has 10 nitrogen and oxygen atoms in total.